The van der Waals surface area contributed by atoms with Crippen LogP contribution in [0.5, 0.6) is 11.6 Å². The third kappa shape index (κ3) is 4.74. The van der Waals surface area contributed by atoms with Crippen LogP contribution < -0.4 is 15.0 Å². The van der Waals surface area contributed by atoms with E-state index >= 15 is 0 Å². The topological polar surface area (TPSA) is 67.4 Å². The molecule has 0 aliphatic carbocycles. The molecule has 0 bridgehead atoms. The third-order valence-electron chi connectivity index (χ3n) is 5.09. The molecule has 3 aromatic rings. The number of rotatable bonds is 5. The number of aromatic nitrogens is 2. The highest BCUT2D eigenvalue weighted by Gasteiger charge is 2.28. The zero-order chi connectivity index (χ0) is 20.9. The molecule has 1 saturated heterocycles. The molecule has 1 fully saturated rings. The van der Waals surface area contributed by atoms with E-state index in [4.69, 9.17) is 4.74 Å². The predicted octanol–water partition coefficient (Wildman–Crippen LogP) is 4.57. The summed E-state index contributed by atoms with van der Waals surface area (Å²) in [6.07, 6.45) is 4.84. The molecule has 1 atom stereocenters. The van der Waals surface area contributed by atoms with E-state index in [-0.39, 0.29) is 17.6 Å². The van der Waals surface area contributed by atoms with Crippen LogP contribution in [0.2, 0.25) is 0 Å². The van der Waals surface area contributed by atoms with Crippen LogP contribution in [-0.4, -0.2) is 29.0 Å². The molecule has 6 nitrogen and oxygen atoms in total. The molecule has 1 aliphatic rings. The van der Waals surface area contributed by atoms with Gasteiger partial charge in [-0.15, -0.1) is 0 Å². The van der Waals surface area contributed by atoms with Crippen LogP contribution in [0.25, 0.3) is 0 Å². The molecule has 2 aromatic carbocycles. The number of hydrogen-bond donors (Lipinski definition) is 1. The molecule has 4 rings (SSSR count). The first-order chi connectivity index (χ1) is 14.6. The van der Waals surface area contributed by atoms with Gasteiger partial charge in [-0.2, -0.15) is 0 Å². The van der Waals surface area contributed by atoms with Crippen molar-refractivity contribution in [2.75, 3.05) is 23.3 Å². The zero-order valence-corrected chi connectivity index (χ0v) is 16.7. The Kier molecular flexibility index (Phi) is 5.88. The first kappa shape index (κ1) is 19.8. The minimum Gasteiger partial charge on any atom is -0.436 e. The number of carbonyl (C=O) groups excluding carboxylic acids is 1. The van der Waals surface area contributed by atoms with Crippen molar-refractivity contribution in [1.29, 1.82) is 0 Å². The first-order valence-electron chi connectivity index (χ1n) is 9.95. The maximum atomic E-state index is 13.1. The Hall–Kier alpha value is -3.48. The van der Waals surface area contributed by atoms with E-state index in [1.54, 1.807) is 24.5 Å². The van der Waals surface area contributed by atoms with Gasteiger partial charge in [0.15, 0.2) is 5.82 Å². The molecule has 1 N–H and O–H groups in total. The van der Waals surface area contributed by atoms with Gasteiger partial charge in [0.1, 0.15) is 11.6 Å². The molecule has 0 radical (unpaired) electrons. The monoisotopic (exact) mass is 406 g/mol. The molecule has 2 heterocycles. The standard InChI is InChI=1S/C23H23FN4O2/c1-16-4-10-20(11-5-16)30-23-21(25-12-13-26-23)28-14-2-3-17(15-28)22(29)27-19-8-6-18(24)7-9-19/h4-13,17H,2-3,14-15H2,1H3,(H,27,29). The largest absolute Gasteiger partial charge is 0.436 e. The highest BCUT2D eigenvalue weighted by Crippen LogP contribution is 2.31. The molecule has 1 amide bonds. The van der Waals surface area contributed by atoms with Gasteiger partial charge < -0.3 is 15.0 Å². The van der Waals surface area contributed by atoms with Gasteiger partial charge in [0.25, 0.3) is 5.88 Å². The van der Waals surface area contributed by atoms with Crippen LogP contribution in [0.3, 0.4) is 0 Å². The van der Waals surface area contributed by atoms with E-state index in [0.717, 1.165) is 24.9 Å². The Morgan fingerprint density at radius 1 is 1.10 bits per heavy atom. The molecule has 1 aliphatic heterocycles. The Bertz CT molecular complexity index is 1010. The number of aryl methyl sites for hydroxylation is 1. The molecule has 1 unspecified atom stereocenters. The van der Waals surface area contributed by atoms with Gasteiger partial charge in [-0.1, -0.05) is 17.7 Å². The molecular weight excluding hydrogens is 383 g/mol. The van der Waals surface area contributed by atoms with Crippen LogP contribution in [0.4, 0.5) is 15.9 Å². The van der Waals surface area contributed by atoms with Gasteiger partial charge >= 0.3 is 0 Å². The van der Waals surface area contributed by atoms with Crippen LogP contribution >= 0.6 is 0 Å². The summed E-state index contributed by atoms with van der Waals surface area (Å²) in [5.74, 6) is 1.10. The fourth-order valence-corrected chi connectivity index (χ4v) is 3.49. The summed E-state index contributed by atoms with van der Waals surface area (Å²) in [5, 5.41) is 2.87. The quantitative estimate of drug-likeness (QED) is 0.672. The minimum absolute atomic E-state index is 0.0869. The summed E-state index contributed by atoms with van der Waals surface area (Å²) < 4.78 is 19.1. The summed E-state index contributed by atoms with van der Waals surface area (Å²) in [4.78, 5) is 23.6. The number of hydrogen-bond acceptors (Lipinski definition) is 5. The molecule has 0 spiro atoms. The molecular formula is C23H23FN4O2. The molecule has 0 saturated carbocycles. The van der Waals surface area contributed by atoms with Gasteiger partial charge in [-0.05, 0) is 56.2 Å². The number of halogens is 1. The summed E-state index contributed by atoms with van der Waals surface area (Å²) in [6.45, 7) is 3.29. The number of anilines is 2. The molecule has 154 valence electrons. The van der Waals surface area contributed by atoms with Crippen molar-refractivity contribution >= 4 is 17.4 Å². The van der Waals surface area contributed by atoms with Gasteiger partial charge in [0.2, 0.25) is 5.91 Å². The van der Waals surface area contributed by atoms with Crippen LogP contribution in [0.15, 0.2) is 60.9 Å². The summed E-state index contributed by atoms with van der Waals surface area (Å²) in [7, 11) is 0. The number of ether oxygens (including phenoxy) is 1. The van der Waals surface area contributed by atoms with Crippen molar-refractivity contribution in [3.63, 3.8) is 0 Å². The summed E-state index contributed by atoms with van der Waals surface area (Å²) >= 11 is 0. The summed E-state index contributed by atoms with van der Waals surface area (Å²) in [5.41, 5.74) is 1.73. The van der Waals surface area contributed by atoms with E-state index in [9.17, 15) is 9.18 Å². The normalized spacial score (nSPS) is 16.2. The molecule has 1 aromatic heterocycles. The van der Waals surface area contributed by atoms with Gasteiger partial charge in [0.05, 0.1) is 5.92 Å². The zero-order valence-electron chi connectivity index (χ0n) is 16.7. The SMILES string of the molecule is Cc1ccc(Oc2nccnc2N2CCCC(C(=O)Nc3ccc(F)cc3)C2)cc1. The maximum Gasteiger partial charge on any atom is 0.263 e. The van der Waals surface area contributed by atoms with Crippen LogP contribution in [0, 0.1) is 18.7 Å². The number of nitrogens with zero attached hydrogens (tertiary/aromatic N) is 3. The fourth-order valence-electron chi connectivity index (χ4n) is 3.49. The number of carbonyl (C=O) groups is 1. The number of piperidine rings is 1. The average Bonchev–Trinajstić information content (AvgIpc) is 2.77. The Labute approximate surface area is 174 Å². The van der Waals surface area contributed by atoms with Crippen molar-refractivity contribution < 1.29 is 13.9 Å². The lowest BCUT2D eigenvalue weighted by Crippen LogP contribution is -2.41. The average molecular weight is 406 g/mol. The van der Waals surface area contributed by atoms with E-state index in [1.807, 2.05) is 36.1 Å². The highest BCUT2D eigenvalue weighted by molar-refractivity contribution is 5.93. The Balaban J connectivity index is 1.47. The number of amides is 1. The second kappa shape index (κ2) is 8.90. The van der Waals surface area contributed by atoms with Crippen molar-refractivity contribution in [1.82, 2.24) is 9.97 Å². The number of benzene rings is 2. The van der Waals surface area contributed by atoms with E-state index in [1.165, 1.54) is 12.1 Å². The lowest BCUT2D eigenvalue weighted by Gasteiger charge is -2.33. The maximum absolute atomic E-state index is 13.1. The fraction of sp³-hybridized carbons (Fsp3) is 0.261. The van der Waals surface area contributed by atoms with E-state index in [0.29, 0.717) is 29.7 Å². The third-order valence-corrected chi connectivity index (χ3v) is 5.09. The van der Waals surface area contributed by atoms with Crippen molar-refractivity contribution in [2.45, 2.75) is 19.8 Å². The molecule has 7 heteroatoms. The van der Waals surface area contributed by atoms with Gasteiger partial charge in [0, 0.05) is 31.2 Å². The van der Waals surface area contributed by atoms with Crippen molar-refractivity contribution in [3.05, 3.63) is 72.3 Å². The van der Waals surface area contributed by atoms with E-state index < -0.39 is 0 Å². The van der Waals surface area contributed by atoms with Crippen molar-refractivity contribution in [2.24, 2.45) is 5.92 Å². The highest BCUT2D eigenvalue weighted by atomic mass is 19.1. The second-order valence-electron chi connectivity index (χ2n) is 7.38. The molecule has 30 heavy (non-hydrogen) atoms. The Morgan fingerprint density at radius 2 is 1.83 bits per heavy atom. The smallest absolute Gasteiger partial charge is 0.263 e. The first-order valence-corrected chi connectivity index (χ1v) is 9.95. The van der Waals surface area contributed by atoms with Crippen LogP contribution in [-0.2, 0) is 4.79 Å². The number of nitrogens with one attached hydrogen (secondary N) is 1. The van der Waals surface area contributed by atoms with E-state index in [2.05, 4.69) is 15.3 Å². The predicted molar refractivity (Wildman–Crippen MR) is 113 cm³/mol. The van der Waals surface area contributed by atoms with Crippen LogP contribution in [0.1, 0.15) is 18.4 Å². The second-order valence-corrected chi connectivity index (χ2v) is 7.38. The summed E-state index contributed by atoms with van der Waals surface area (Å²) in [6, 6.07) is 13.5. The van der Waals surface area contributed by atoms with Crippen molar-refractivity contribution in [3.8, 4) is 11.6 Å². The lowest BCUT2D eigenvalue weighted by molar-refractivity contribution is -0.120. The minimum atomic E-state index is -0.333. The van der Waals surface area contributed by atoms with Gasteiger partial charge in [-0.25, -0.2) is 14.4 Å². The lowest BCUT2D eigenvalue weighted by atomic mass is 9.97. The van der Waals surface area contributed by atoms with Gasteiger partial charge in [-0.3, -0.25) is 4.79 Å². The Morgan fingerprint density at radius 3 is 2.60 bits per heavy atom.